The second-order valence-electron chi connectivity index (χ2n) is 5.04. The Morgan fingerprint density at radius 3 is 2.70 bits per heavy atom. The van der Waals surface area contributed by atoms with Crippen LogP contribution >= 0.6 is 11.6 Å². The molecule has 1 heterocycles. The number of anilines is 1. The molecule has 2 aromatic rings. The molecule has 0 saturated carbocycles. The van der Waals surface area contributed by atoms with Gasteiger partial charge in [0, 0.05) is 11.8 Å². The molecule has 3 rings (SSSR count). The number of para-hydroxylation sites is 1. The van der Waals surface area contributed by atoms with E-state index in [9.17, 15) is 4.79 Å². The Labute approximate surface area is 139 Å². The molecule has 0 spiro atoms. The van der Waals surface area contributed by atoms with Gasteiger partial charge in [0.25, 0.3) is 5.91 Å². The Morgan fingerprint density at radius 2 is 1.91 bits per heavy atom. The van der Waals surface area contributed by atoms with Gasteiger partial charge in [-0.1, -0.05) is 23.7 Å². The average molecular weight is 334 g/mol. The zero-order valence-electron chi connectivity index (χ0n) is 12.5. The number of ether oxygens (including phenoxy) is 3. The zero-order chi connectivity index (χ0) is 16.2. The fraction of sp³-hybridized carbons (Fsp3) is 0.235. The highest BCUT2D eigenvalue weighted by Crippen LogP contribution is 2.32. The third kappa shape index (κ3) is 3.68. The number of nitrogens with one attached hydrogen (secondary N) is 1. The van der Waals surface area contributed by atoms with Crippen LogP contribution in [-0.2, 0) is 4.79 Å². The van der Waals surface area contributed by atoms with Crippen molar-refractivity contribution in [2.45, 2.75) is 13.0 Å². The summed E-state index contributed by atoms with van der Waals surface area (Å²) in [5.74, 6) is 1.49. The smallest absolute Gasteiger partial charge is 0.265 e. The summed E-state index contributed by atoms with van der Waals surface area (Å²) in [5.41, 5.74) is 0.619. The maximum atomic E-state index is 12.2. The number of hydrogen-bond acceptors (Lipinski definition) is 4. The van der Waals surface area contributed by atoms with Crippen LogP contribution in [0, 0.1) is 0 Å². The van der Waals surface area contributed by atoms with Gasteiger partial charge in [-0.05, 0) is 31.2 Å². The average Bonchev–Trinajstić information content (AvgIpc) is 2.56. The number of halogens is 1. The Morgan fingerprint density at radius 1 is 1.17 bits per heavy atom. The van der Waals surface area contributed by atoms with Crippen LogP contribution < -0.4 is 19.5 Å². The number of hydrogen-bond donors (Lipinski definition) is 1. The van der Waals surface area contributed by atoms with Crippen LogP contribution in [-0.4, -0.2) is 25.2 Å². The number of carbonyl (C=O) groups excluding carboxylic acids is 1. The van der Waals surface area contributed by atoms with E-state index in [-0.39, 0.29) is 5.91 Å². The molecule has 5 nitrogen and oxygen atoms in total. The summed E-state index contributed by atoms with van der Waals surface area (Å²) in [6.07, 6.45) is -0.692. The van der Waals surface area contributed by atoms with Gasteiger partial charge < -0.3 is 19.5 Å². The predicted octanol–water partition coefficient (Wildman–Crippen LogP) is 3.52. The van der Waals surface area contributed by atoms with Gasteiger partial charge >= 0.3 is 0 Å². The molecular formula is C17H16ClNO4. The van der Waals surface area contributed by atoms with Gasteiger partial charge in [-0.25, -0.2) is 0 Å². The molecule has 6 heteroatoms. The number of rotatable bonds is 4. The largest absolute Gasteiger partial charge is 0.486 e. The minimum absolute atomic E-state index is 0.276. The van der Waals surface area contributed by atoms with Gasteiger partial charge in [-0.15, -0.1) is 0 Å². The monoisotopic (exact) mass is 333 g/mol. The molecule has 0 bridgehead atoms. The normalized spacial score (nSPS) is 14.0. The van der Waals surface area contributed by atoms with E-state index in [1.165, 1.54) is 0 Å². The van der Waals surface area contributed by atoms with E-state index < -0.39 is 6.10 Å². The summed E-state index contributed by atoms with van der Waals surface area (Å²) in [4.78, 5) is 12.2. The maximum absolute atomic E-state index is 12.2. The highest BCUT2D eigenvalue weighted by molar-refractivity contribution is 6.32. The van der Waals surface area contributed by atoms with Crippen molar-refractivity contribution in [2.24, 2.45) is 0 Å². The van der Waals surface area contributed by atoms with Crippen molar-refractivity contribution >= 4 is 23.2 Å². The molecule has 0 radical (unpaired) electrons. The molecule has 0 fully saturated rings. The Bertz CT molecular complexity index is 719. The van der Waals surface area contributed by atoms with Gasteiger partial charge in [0.15, 0.2) is 17.6 Å². The molecule has 0 aliphatic carbocycles. The van der Waals surface area contributed by atoms with Crippen molar-refractivity contribution < 1.29 is 19.0 Å². The van der Waals surface area contributed by atoms with Crippen molar-refractivity contribution in [3.8, 4) is 17.2 Å². The first-order valence-corrected chi connectivity index (χ1v) is 7.63. The maximum Gasteiger partial charge on any atom is 0.265 e. The van der Waals surface area contributed by atoms with Crippen LogP contribution in [0.4, 0.5) is 5.69 Å². The lowest BCUT2D eigenvalue weighted by molar-refractivity contribution is -0.122. The molecule has 1 amide bonds. The zero-order valence-corrected chi connectivity index (χ0v) is 13.3. The molecule has 1 unspecified atom stereocenters. The molecule has 120 valence electrons. The van der Waals surface area contributed by atoms with Crippen LogP contribution in [0.1, 0.15) is 6.92 Å². The summed E-state index contributed by atoms with van der Waals surface area (Å²) in [7, 11) is 0. The molecule has 1 aliphatic heterocycles. The molecule has 0 aromatic heterocycles. The van der Waals surface area contributed by atoms with Crippen LogP contribution in [0.15, 0.2) is 42.5 Å². The number of benzene rings is 2. The highest BCUT2D eigenvalue weighted by atomic mass is 35.5. The summed E-state index contributed by atoms with van der Waals surface area (Å²) in [5, 5.41) is 3.25. The minimum Gasteiger partial charge on any atom is -0.486 e. The van der Waals surface area contributed by atoms with Gasteiger partial charge in [0.05, 0.1) is 5.02 Å². The first-order chi connectivity index (χ1) is 11.1. The molecule has 1 N–H and O–H groups in total. The van der Waals surface area contributed by atoms with Crippen molar-refractivity contribution in [3.05, 3.63) is 47.5 Å². The van der Waals surface area contributed by atoms with E-state index in [0.717, 1.165) is 0 Å². The van der Waals surface area contributed by atoms with E-state index in [2.05, 4.69) is 5.32 Å². The Balaban J connectivity index is 1.65. The molecule has 1 atom stereocenters. The van der Waals surface area contributed by atoms with Crippen molar-refractivity contribution in [1.29, 1.82) is 0 Å². The lowest BCUT2D eigenvalue weighted by Crippen LogP contribution is -2.30. The number of carbonyl (C=O) groups is 1. The van der Waals surface area contributed by atoms with Crippen LogP contribution in [0.5, 0.6) is 17.2 Å². The van der Waals surface area contributed by atoms with Gasteiger partial charge in [0.2, 0.25) is 0 Å². The Hall–Kier alpha value is -2.40. The minimum atomic E-state index is -0.692. The first-order valence-electron chi connectivity index (χ1n) is 7.25. The van der Waals surface area contributed by atoms with Crippen molar-refractivity contribution in [3.63, 3.8) is 0 Å². The summed E-state index contributed by atoms with van der Waals surface area (Å²) in [6, 6.07) is 12.3. The highest BCUT2D eigenvalue weighted by Gasteiger charge is 2.18. The lowest BCUT2D eigenvalue weighted by atomic mass is 10.2. The van der Waals surface area contributed by atoms with Crippen LogP contribution in [0.2, 0.25) is 5.02 Å². The second kappa shape index (κ2) is 6.79. The van der Waals surface area contributed by atoms with Gasteiger partial charge in [-0.3, -0.25) is 4.79 Å². The standard InChI is InChI=1S/C17H16ClNO4/c1-11(23-14-5-3-2-4-13(14)18)17(20)19-12-6-7-15-16(10-12)22-9-8-21-15/h2-7,10-11H,8-9H2,1H3,(H,19,20). The third-order valence-corrected chi connectivity index (χ3v) is 3.63. The van der Waals surface area contributed by atoms with Crippen molar-refractivity contribution in [1.82, 2.24) is 0 Å². The van der Waals surface area contributed by atoms with Crippen LogP contribution in [0.3, 0.4) is 0 Å². The molecule has 2 aromatic carbocycles. The first kappa shape index (κ1) is 15.5. The van der Waals surface area contributed by atoms with E-state index in [1.54, 1.807) is 49.4 Å². The van der Waals surface area contributed by atoms with E-state index in [1.807, 2.05) is 0 Å². The second-order valence-corrected chi connectivity index (χ2v) is 5.45. The van der Waals surface area contributed by atoms with Gasteiger partial charge in [0.1, 0.15) is 19.0 Å². The fourth-order valence-electron chi connectivity index (χ4n) is 2.15. The molecule has 1 aliphatic rings. The van der Waals surface area contributed by atoms with Crippen LogP contribution in [0.25, 0.3) is 0 Å². The van der Waals surface area contributed by atoms with E-state index in [0.29, 0.717) is 41.2 Å². The predicted molar refractivity (Wildman–Crippen MR) is 87.6 cm³/mol. The number of fused-ring (bicyclic) bond motifs is 1. The lowest BCUT2D eigenvalue weighted by Gasteiger charge is -2.20. The third-order valence-electron chi connectivity index (χ3n) is 3.32. The molecule has 23 heavy (non-hydrogen) atoms. The Kier molecular flexibility index (Phi) is 4.57. The number of amides is 1. The topological polar surface area (TPSA) is 56.8 Å². The molecule has 0 saturated heterocycles. The SMILES string of the molecule is CC(Oc1ccccc1Cl)C(=O)Nc1ccc2c(c1)OCCO2. The molecular weight excluding hydrogens is 318 g/mol. The van der Waals surface area contributed by atoms with E-state index >= 15 is 0 Å². The van der Waals surface area contributed by atoms with Gasteiger partial charge in [-0.2, -0.15) is 0 Å². The summed E-state index contributed by atoms with van der Waals surface area (Å²) in [6.45, 7) is 2.69. The summed E-state index contributed by atoms with van der Waals surface area (Å²) < 4.78 is 16.5. The fourth-order valence-corrected chi connectivity index (χ4v) is 2.33. The van der Waals surface area contributed by atoms with Crippen molar-refractivity contribution in [2.75, 3.05) is 18.5 Å². The quantitative estimate of drug-likeness (QED) is 0.930. The van der Waals surface area contributed by atoms with E-state index in [4.69, 9.17) is 25.8 Å². The summed E-state index contributed by atoms with van der Waals surface area (Å²) >= 11 is 6.03.